The van der Waals surface area contributed by atoms with E-state index in [9.17, 15) is 14.4 Å². The number of aromatic nitrogens is 1. The van der Waals surface area contributed by atoms with Gasteiger partial charge in [-0.2, -0.15) is 5.26 Å². The summed E-state index contributed by atoms with van der Waals surface area (Å²) in [4.78, 5) is 18.6. The second-order valence-corrected chi connectivity index (χ2v) is 11.6. The zero-order valence-corrected chi connectivity index (χ0v) is 21.9. The van der Waals surface area contributed by atoms with Crippen molar-refractivity contribution >= 4 is 39.2 Å². The van der Waals surface area contributed by atoms with Crippen molar-refractivity contribution in [1.29, 1.82) is 5.26 Å². The van der Waals surface area contributed by atoms with Crippen molar-refractivity contribution in [1.82, 2.24) is 4.98 Å². The second-order valence-electron chi connectivity index (χ2n) is 9.59. The van der Waals surface area contributed by atoms with Crippen LogP contribution in [0.5, 0.6) is 0 Å². The summed E-state index contributed by atoms with van der Waals surface area (Å²) in [5, 5.41) is 16.1. The number of hydrogen-bond donors (Lipinski definition) is 1. The number of nitrogens with zero attached hydrogens (tertiary/aromatic N) is 2. The molecule has 4 rings (SSSR count). The minimum Gasteiger partial charge on any atom is -0.462 e. The highest BCUT2D eigenvalue weighted by atomic mass is 32.1. The molecule has 8 heteroatoms. The molecule has 1 aliphatic carbocycles. The van der Waals surface area contributed by atoms with Crippen LogP contribution < -0.4 is 5.32 Å². The standard InChI is InChI=1S/C27H28FN3O2S2/c1-5-33-26(32)23-20-11-8-18(27(2,3)4)12-22(20)35-25(23)30-14-17(13-29)24-31-21(15-34-24)16-6-9-19(28)10-7-16/h6-7,9-10,14-15,18,30H,5,8,11-12H2,1-4H3/b17-14+/t18-/m0/s1. The first kappa shape index (κ1) is 25.1. The van der Waals surface area contributed by atoms with Crippen molar-refractivity contribution in [3.63, 3.8) is 0 Å². The number of benzene rings is 1. The van der Waals surface area contributed by atoms with Crippen LogP contribution in [-0.4, -0.2) is 17.6 Å². The van der Waals surface area contributed by atoms with Gasteiger partial charge >= 0.3 is 5.97 Å². The molecule has 182 valence electrons. The summed E-state index contributed by atoms with van der Waals surface area (Å²) in [6.45, 7) is 8.89. The third-order valence-corrected chi connectivity index (χ3v) is 8.37. The minimum atomic E-state index is -0.332. The number of hydrogen-bond acceptors (Lipinski definition) is 7. The predicted octanol–water partition coefficient (Wildman–Crippen LogP) is 7.31. The number of thiazole rings is 1. The van der Waals surface area contributed by atoms with E-state index in [1.807, 2.05) is 5.38 Å². The van der Waals surface area contributed by atoms with Gasteiger partial charge in [0.25, 0.3) is 0 Å². The molecule has 1 N–H and O–H groups in total. The zero-order valence-electron chi connectivity index (χ0n) is 20.3. The van der Waals surface area contributed by atoms with Crippen molar-refractivity contribution in [2.24, 2.45) is 11.3 Å². The number of nitriles is 1. The maximum atomic E-state index is 13.2. The first-order valence-electron chi connectivity index (χ1n) is 11.6. The summed E-state index contributed by atoms with van der Waals surface area (Å²) >= 11 is 2.91. The first-order chi connectivity index (χ1) is 16.7. The van der Waals surface area contributed by atoms with Gasteiger partial charge in [0.05, 0.1) is 17.9 Å². The molecule has 0 spiro atoms. The molecule has 3 aromatic rings. The van der Waals surface area contributed by atoms with Gasteiger partial charge < -0.3 is 10.1 Å². The average Bonchev–Trinajstić information content (AvgIpc) is 3.44. The summed E-state index contributed by atoms with van der Waals surface area (Å²) in [6.07, 6.45) is 4.41. The van der Waals surface area contributed by atoms with Gasteiger partial charge in [0.2, 0.25) is 0 Å². The Morgan fingerprint density at radius 1 is 1.34 bits per heavy atom. The molecule has 1 aliphatic rings. The van der Waals surface area contributed by atoms with Gasteiger partial charge in [0.1, 0.15) is 27.5 Å². The van der Waals surface area contributed by atoms with Crippen molar-refractivity contribution in [2.45, 2.75) is 47.0 Å². The third-order valence-electron chi connectivity index (χ3n) is 6.31. The molecule has 2 heterocycles. The van der Waals surface area contributed by atoms with Crippen LogP contribution >= 0.6 is 22.7 Å². The van der Waals surface area contributed by atoms with E-state index in [2.05, 4.69) is 37.1 Å². The SMILES string of the molecule is CCOC(=O)c1c(N/C=C(\C#N)c2nc(-c3ccc(F)cc3)cs2)sc2c1CC[C@H](C(C)(C)C)C2. The predicted molar refractivity (Wildman–Crippen MR) is 140 cm³/mol. The third kappa shape index (κ3) is 5.47. The Kier molecular flexibility index (Phi) is 7.39. The average molecular weight is 510 g/mol. The lowest BCUT2D eigenvalue weighted by Gasteiger charge is -2.33. The molecular weight excluding hydrogens is 481 g/mol. The van der Waals surface area contributed by atoms with Gasteiger partial charge in [-0.1, -0.05) is 20.8 Å². The zero-order chi connectivity index (χ0) is 25.2. The van der Waals surface area contributed by atoms with E-state index in [1.165, 1.54) is 28.3 Å². The van der Waals surface area contributed by atoms with Gasteiger partial charge in [0, 0.05) is 22.0 Å². The number of carbonyl (C=O) groups is 1. The number of rotatable bonds is 6. The maximum Gasteiger partial charge on any atom is 0.341 e. The molecule has 1 atom stereocenters. The number of nitrogens with one attached hydrogen (secondary N) is 1. The van der Waals surface area contributed by atoms with Gasteiger partial charge in [-0.3, -0.25) is 0 Å². The van der Waals surface area contributed by atoms with Crippen LogP contribution in [0.15, 0.2) is 35.8 Å². The number of allylic oxidation sites excluding steroid dienone is 1. The van der Waals surface area contributed by atoms with Crippen LogP contribution in [0, 0.1) is 28.5 Å². The van der Waals surface area contributed by atoms with E-state index in [4.69, 9.17) is 4.74 Å². The molecule has 35 heavy (non-hydrogen) atoms. The molecule has 0 radical (unpaired) electrons. The molecule has 5 nitrogen and oxygen atoms in total. The Bertz CT molecular complexity index is 1290. The largest absolute Gasteiger partial charge is 0.462 e. The minimum absolute atomic E-state index is 0.195. The molecule has 0 saturated carbocycles. The van der Waals surface area contributed by atoms with E-state index >= 15 is 0 Å². The molecule has 2 aromatic heterocycles. The highest BCUT2D eigenvalue weighted by molar-refractivity contribution is 7.16. The number of carbonyl (C=O) groups excluding carboxylic acids is 1. The number of fused-ring (bicyclic) bond motifs is 1. The summed E-state index contributed by atoms with van der Waals surface area (Å²) < 4.78 is 18.6. The van der Waals surface area contributed by atoms with E-state index in [1.54, 1.807) is 36.6 Å². The van der Waals surface area contributed by atoms with E-state index in [0.29, 0.717) is 39.4 Å². The second kappa shape index (κ2) is 10.3. The fraction of sp³-hybridized carbons (Fsp3) is 0.370. The Morgan fingerprint density at radius 3 is 2.74 bits per heavy atom. The summed E-state index contributed by atoms with van der Waals surface area (Å²) in [6, 6.07) is 8.29. The molecule has 0 saturated heterocycles. The Labute approximate surface area is 213 Å². The van der Waals surface area contributed by atoms with Crippen LogP contribution in [0.3, 0.4) is 0 Å². The smallest absolute Gasteiger partial charge is 0.341 e. The van der Waals surface area contributed by atoms with Crippen LogP contribution in [0.25, 0.3) is 16.8 Å². The molecule has 1 aromatic carbocycles. The summed E-state index contributed by atoms with van der Waals surface area (Å²) in [5.41, 5.74) is 3.66. The fourth-order valence-electron chi connectivity index (χ4n) is 4.28. The Morgan fingerprint density at radius 2 is 2.09 bits per heavy atom. The monoisotopic (exact) mass is 509 g/mol. The van der Waals surface area contributed by atoms with Crippen LogP contribution in [0.4, 0.5) is 9.39 Å². The van der Waals surface area contributed by atoms with Gasteiger partial charge in [-0.05, 0) is 67.3 Å². The molecule has 0 aliphatic heterocycles. The summed E-state index contributed by atoms with van der Waals surface area (Å²) in [5.74, 6) is -0.0979. The Balaban J connectivity index is 1.63. The fourth-order valence-corrected chi connectivity index (χ4v) is 6.36. The van der Waals surface area contributed by atoms with Crippen LogP contribution in [0.2, 0.25) is 0 Å². The number of thiophene rings is 1. The number of esters is 1. The lowest BCUT2D eigenvalue weighted by Crippen LogP contribution is -2.26. The van der Waals surface area contributed by atoms with Crippen molar-refractivity contribution in [3.8, 4) is 17.3 Å². The lowest BCUT2D eigenvalue weighted by atomic mass is 9.72. The van der Waals surface area contributed by atoms with Crippen LogP contribution in [0.1, 0.15) is 59.9 Å². The first-order valence-corrected chi connectivity index (χ1v) is 13.3. The van der Waals surface area contributed by atoms with Crippen molar-refractivity contribution in [3.05, 3.63) is 62.7 Å². The normalized spacial score (nSPS) is 15.9. The quantitative estimate of drug-likeness (QED) is 0.278. The topological polar surface area (TPSA) is 75.0 Å². The lowest BCUT2D eigenvalue weighted by molar-refractivity contribution is 0.0526. The van der Waals surface area contributed by atoms with Gasteiger partial charge in [-0.15, -0.1) is 22.7 Å². The molecule has 0 bridgehead atoms. The highest BCUT2D eigenvalue weighted by Gasteiger charge is 2.34. The van der Waals surface area contributed by atoms with Crippen LogP contribution in [-0.2, 0) is 17.6 Å². The number of halogens is 1. The molecule has 0 unspecified atom stereocenters. The number of anilines is 1. The number of ether oxygens (including phenoxy) is 1. The Hall–Kier alpha value is -3.02. The van der Waals surface area contributed by atoms with E-state index in [0.717, 1.165) is 30.4 Å². The van der Waals surface area contributed by atoms with Crippen molar-refractivity contribution < 1.29 is 13.9 Å². The highest BCUT2D eigenvalue weighted by Crippen LogP contribution is 2.44. The molecular formula is C27H28FN3O2S2. The summed E-state index contributed by atoms with van der Waals surface area (Å²) in [7, 11) is 0. The van der Waals surface area contributed by atoms with E-state index in [-0.39, 0.29) is 17.2 Å². The van der Waals surface area contributed by atoms with E-state index < -0.39 is 0 Å². The van der Waals surface area contributed by atoms with Crippen molar-refractivity contribution in [2.75, 3.05) is 11.9 Å². The maximum absolute atomic E-state index is 13.2. The van der Waals surface area contributed by atoms with Gasteiger partial charge in [-0.25, -0.2) is 14.2 Å². The van der Waals surface area contributed by atoms with Gasteiger partial charge in [0.15, 0.2) is 0 Å². The molecule has 0 fully saturated rings. The molecule has 0 amide bonds.